The summed E-state index contributed by atoms with van der Waals surface area (Å²) in [6, 6.07) is 17.3. The number of pyridine rings is 1. The van der Waals surface area contributed by atoms with Crippen molar-refractivity contribution in [2.24, 2.45) is 0 Å². The van der Waals surface area contributed by atoms with E-state index in [2.05, 4.69) is 20.3 Å². The first kappa shape index (κ1) is 18.4. The lowest BCUT2D eigenvalue weighted by Gasteiger charge is -2.12. The van der Waals surface area contributed by atoms with E-state index < -0.39 is 0 Å². The first-order chi connectivity index (χ1) is 14.1. The molecule has 1 amide bonds. The van der Waals surface area contributed by atoms with Crippen LogP contribution in [0.2, 0.25) is 0 Å². The molecule has 2 aromatic heterocycles. The number of amides is 1. The summed E-state index contributed by atoms with van der Waals surface area (Å²) in [7, 11) is 0. The van der Waals surface area contributed by atoms with E-state index in [1.54, 1.807) is 31.5 Å². The number of hydrogen-bond acceptors (Lipinski definition) is 4. The zero-order chi connectivity index (χ0) is 20.2. The Balaban J connectivity index is 1.77. The second-order valence-corrected chi connectivity index (χ2v) is 6.47. The monoisotopic (exact) mass is 384 g/mol. The molecule has 0 aliphatic rings. The van der Waals surface area contributed by atoms with Crippen LogP contribution in [0.5, 0.6) is 0 Å². The Hall–Kier alpha value is -3.93. The molecule has 0 aliphatic heterocycles. The average Bonchev–Trinajstić information content (AvgIpc) is 2.76. The van der Waals surface area contributed by atoms with Gasteiger partial charge in [0.2, 0.25) is 0 Å². The lowest BCUT2D eigenvalue weighted by atomic mass is 10.1. The van der Waals surface area contributed by atoms with Crippen molar-refractivity contribution >= 4 is 11.6 Å². The molecule has 0 fully saturated rings. The molecule has 2 aromatic carbocycles. The van der Waals surface area contributed by atoms with Crippen molar-refractivity contribution in [3.8, 4) is 22.6 Å². The number of carbonyl (C=O) groups excluding carboxylic acids is 1. The van der Waals surface area contributed by atoms with E-state index >= 15 is 0 Å². The van der Waals surface area contributed by atoms with Crippen molar-refractivity contribution in [1.29, 1.82) is 0 Å². The normalized spacial score (nSPS) is 10.6. The lowest BCUT2D eigenvalue weighted by molar-refractivity contribution is 0.102. The van der Waals surface area contributed by atoms with Crippen molar-refractivity contribution in [2.75, 3.05) is 5.32 Å². The summed E-state index contributed by atoms with van der Waals surface area (Å²) in [6.45, 7) is 1.73. The predicted octanol–water partition coefficient (Wildman–Crippen LogP) is 4.91. The third kappa shape index (κ3) is 4.01. The van der Waals surface area contributed by atoms with Crippen LogP contribution in [0.1, 0.15) is 15.9 Å². The van der Waals surface area contributed by atoms with Crippen LogP contribution < -0.4 is 5.32 Å². The highest BCUT2D eigenvalue weighted by Gasteiger charge is 2.18. The van der Waals surface area contributed by atoms with Gasteiger partial charge in [0.15, 0.2) is 5.82 Å². The first-order valence-electron chi connectivity index (χ1n) is 9.02. The highest BCUT2D eigenvalue weighted by Crippen LogP contribution is 2.25. The van der Waals surface area contributed by atoms with Gasteiger partial charge in [-0.1, -0.05) is 30.3 Å². The molecule has 0 radical (unpaired) electrons. The minimum atomic E-state index is -0.369. The van der Waals surface area contributed by atoms with E-state index in [0.29, 0.717) is 28.3 Å². The fourth-order valence-electron chi connectivity index (χ4n) is 2.96. The average molecular weight is 384 g/mol. The molecular weight excluding hydrogens is 367 g/mol. The van der Waals surface area contributed by atoms with Gasteiger partial charge in [-0.05, 0) is 42.8 Å². The Labute approximate surface area is 167 Å². The van der Waals surface area contributed by atoms with Crippen LogP contribution in [-0.2, 0) is 0 Å². The number of nitrogens with zero attached hydrogens (tertiary/aromatic N) is 3. The van der Waals surface area contributed by atoms with Gasteiger partial charge in [0.05, 0.1) is 11.3 Å². The fraction of sp³-hybridized carbons (Fsp3) is 0.0435. The summed E-state index contributed by atoms with van der Waals surface area (Å²) in [5, 5.41) is 2.82. The molecule has 0 aliphatic carbocycles. The third-order valence-electron chi connectivity index (χ3n) is 4.46. The highest BCUT2D eigenvalue weighted by molar-refractivity contribution is 6.08. The van der Waals surface area contributed by atoms with Crippen LogP contribution in [0.3, 0.4) is 0 Å². The number of anilines is 1. The highest BCUT2D eigenvalue weighted by atomic mass is 19.1. The molecule has 4 rings (SSSR count). The number of nitrogens with one attached hydrogen (secondary N) is 1. The maximum absolute atomic E-state index is 13.4. The largest absolute Gasteiger partial charge is 0.322 e. The molecule has 0 saturated carbocycles. The molecule has 0 atom stereocenters. The third-order valence-corrected chi connectivity index (χ3v) is 4.46. The van der Waals surface area contributed by atoms with Gasteiger partial charge < -0.3 is 5.32 Å². The van der Waals surface area contributed by atoms with Crippen molar-refractivity contribution in [3.63, 3.8) is 0 Å². The van der Waals surface area contributed by atoms with E-state index in [1.165, 1.54) is 24.4 Å². The minimum Gasteiger partial charge on any atom is -0.322 e. The molecular formula is C23H17FN4O. The summed E-state index contributed by atoms with van der Waals surface area (Å²) in [5.74, 6) is -0.202. The van der Waals surface area contributed by atoms with Crippen molar-refractivity contribution in [1.82, 2.24) is 15.0 Å². The number of hydrogen-bond donors (Lipinski definition) is 1. The molecule has 0 unspecified atom stereocenters. The zero-order valence-corrected chi connectivity index (χ0v) is 15.6. The van der Waals surface area contributed by atoms with Crippen LogP contribution in [0.4, 0.5) is 10.1 Å². The first-order valence-corrected chi connectivity index (χ1v) is 9.02. The molecule has 5 nitrogen and oxygen atoms in total. The summed E-state index contributed by atoms with van der Waals surface area (Å²) in [5.41, 5.74) is 3.58. The summed E-state index contributed by atoms with van der Waals surface area (Å²) >= 11 is 0. The lowest BCUT2D eigenvalue weighted by Crippen LogP contribution is -2.15. The van der Waals surface area contributed by atoms with Crippen LogP contribution >= 0.6 is 0 Å². The molecule has 142 valence electrons. The second-order valence-electron chi connectivity index (χ2n) is 6.47. The number of halogens is 1. The molecule has 1 N–H and O–H groups in total. The van der Waals surface area contributed by atoms with Crippen molar-refractivity contribution < 1.29 is 9.18 Å². The van der Waals surface area contributed by atoms with Gasteiger partial charge in [-0.3, -0.25) is 9.78 Å². The quantitative estimate of drug-likeness (QED) is 0.543. The summed E-state index contributed by atoms with van der Waals surface area (Å²) in [4.78, 5) is 26.1. The molecule has 29 heavy (non-hydrogen) atoms. The van der Waals surface area contributed by atoms with Gasteiger partial charge in [0, 0.05) is 35.4 Å². The molecule has 0 bridgehead atoms. The maximum atomic E-state index is 13.4. The second kappa shape index (κ2) is 7.98. The van der Waals surface area contributed by atoms with Gasteiger partial charge in [-0.15, -0.1) is 0 Å². The minimum absolute atomic E-state index is 0.319. The van der Waals surface area contributed by atoms with E-state index in [0.717, 1.165) is 11.1 Å². The van der Waals surface area contributed by atoms with Crippen LogP contribution in [0.15, 0.2) is 79.3 Å². The van der Waals surface area contributed by atoms with Gasteiger partial charge in [0.1, 0.15) is 5.82 Å². The van der Waals surface area contributed by atoms with E-state index in [-0.39, 0.29) is 11.7 Å². The standard InChI is InChI=1S/C23H17FN4O/c1-15-13-18(24)7-8-20(15)27-23(29)19-14-26-22(17-5-3-2-4-6-17)28-21(19)16-9-11-25-12-10-16/h2-14H,1H3,(H,27,29). The van der Waals surface area contributed by atoms with E-state index in [9.17, 15) is 9.18 Å². The van der Waals surface area contributed by atoms with E-state index in [4.69, 9.17) is 0 Å². The molecule has 0 saturated heterocycles. The smallest absolute Gasteiger partial charge is 0.259 e. The fourth-order valence-corrected chi connectivity index (χ4v) is 2.96. The Morgan fingerprint density at radius 2 is 1.72 bits per heavy atom. The van der Waals surface area contributed by atoms with Crippen molar-refractivity contribution in [2.45, 2.75) is 6.92 Å². The summed E-state index contributed by atoms with van der Waals surface area (Å²) < 4.78 is 13.4. The summed E-state index contributed by atoms with van der Waals surface area (Å²) in [6.07, 6.45) is 4.80. The molecule has 2 heterocycles. The van der Waals surface area contributed by atoms with Gasteiger partial charge in [-0.2, -0.15) is 0 Å². The van der Waals surface area contributed by atoms with Crippen LogP contribution in [-0.4, -0.2) is 20.9 Å². The maximum Gasteiger partial charge on any atom is 0.259 e. The van der Waals surface area contributed by atoms with Crippen molar-refractivity contribution in [3.05, 3.63) is 96.2 Å². The van der Waals surface area contributed by atoms with Gasteiger partial charge >= 0.3 is 0 Å². The SMILES string of the molecule is Cc1cc(F)ccc1NC(=O)c1cnc(-c2ccccc2)nc1-c1ccncc1. The Morgan fingerprint density at radius 1 is 0.966 bits per heavy atom. The molecule has 0 spiro atoms. The number of aryl methyl sites for hydroxylation is 1. The number of aromatic nitrogens is 3. The van der Waals surface area contributed by atoms with E-state index in [1.807, 2.05) is 30.3 Å². The number of benzene rings is 2. The Morgan fingerprint density at radius 3 is 2.45 bits per heavy atom. The molecule has 4 aromatic rings. The van der Waals surface area contributed by atoms with Crippen LogP contribution in [0, 0.1) is 12.7 Å². The van der Waals surface area contributed by atoms with Gasteiger partial charge in [-0.25, -0.2) is 14.4 Å². The topological polar surface area (TPSA) is 67.8 Å². The van der Waals surface area contributed by atoms with Gasteiger partial charge in [0.25, 0.3) is 5.91 Å². The molecule has 6 heteroatoms. The zero-order valence-electron chi connectivity index (χ0n) is 15.6. The number of rotatable bonds is 4. The number of carbonyl (C=O) groups is 1. The predicted molar refractivity (Wildman–Crippen MR) is 110 cm³/mol. The Bertz CT molecular complexity index is 1160. The Kier molecular flexibility index (Phi) is 5.07. The van der Waals surface area contributed by atoms with Crippen LogP contribution in [0.25, 0.3) is 22.6 Å².